The van der Waals surface area contributed by atoms with Gasteiger partial charge in [0, 0.05) is 35.1 Å². The van der Waals surface area contributed by atoms with Crippen LogP contribution in [-0.2, 0) is 4.79 Å². The molecule has 36 heavy (non-hydrogen) atoms. The minimum Gasteiger partial charge on any atom is -0.496 e. The van der Waals surface area contributed by atoms with E-state index in [1.54, 1.807) is 33.6 Å². The molecule has 5 rings (SSSR count). The summed E-state index contributed by atoms with van der Waals surface area (Å²) in [5.41, 5.74) is 5.09. The molecule has 0 bridgehead atoms. The number of nitrogens with zero attached hydrogens (tertiary/aromatic N) is 5. The summed E-state index contributed by atoms with van der Waals surface area (Å²) in [4.78, 5) is 17.6. The molecule has 1 aliphatic heterocycles. The normalized spacial score (nSPS) is 14.7. The fourth-order valence-electron chi connectivity index (χ4n) is 4.53. The van der Waals surface area contributed by atoms with E-state index in [0.29, 0.717) is 28.8 Å². The number of hydrogen-bond donors (Lipinski definition) is 1. The van der Waals surface area contributed by atoms with Gasteiger partial charge in [-0.3, -0.25) is 4.79 Å². The van der Waals surface area contributed by atoms with Crippen LogP contribution < -0.4 is 19.5 Å². The number of amides is 1. The average molecular weight is 487 g/mol. The number of carbonyl (C=O) groups excluding carboxylic acids is 1. The van der Waals surface area contributed by atoms with Gasteiger partial charge in [0.15, 0.2) is 11.5 Å². The summed E-state index contributed by atoms with van der Waals surface area (Å²) in [6.07, 6.45) is 1.82. The van der Waals surface area contributed by atoms with Gasteiger partial charge in [-0.15, -0.1) is 5.10 Å². The molecule has 2 aromatic carbocycles. The molecule has 0 saturated carbocycles. The molecular weight excluding hydrogens is 460 g/mol. The molecule has 0 spiro atoms. The van der Waals surface area contributed by atoms with Crippen LogP contribution in [0.2, 0.25) is 0 Å². The number of fused-ring (bicyclic) bond motifs is 1. The highest BCUT2D eigenvalue weighted by Crippen LogP contribution is 2.46. The average Bonchev–Trinajstić information content (AvgIpc) is 3.23. The predicted octanol–water partition coefficient (Wildman–Crippen LogP) is 3.84. The van der Waals surface area contributed by atoms with Crippen LogP contribution in [0.3, 0.4) is 0 Å². The number of aromatic nitrogens is 5. The van der Waals surface area contributed by atoms with Gasteiger partial charge in [0.2, 0.25) is 5.91 Å². The van der Waals surface area contributed by atoms with Crippen LogP contribution >= 0.6 is 0 Å². The zero-order valence-corrected chi connectivity index (χ0v) is 20.7. The van der Waals surface area contributed by atoms with Gasteiger partial charge in [0.1, 0.15) is 11.6 Å². The van der Waals surface area contributed by atoms with Gasteiger partial charge >= 0.3 is 0 Å². The second-order valence-electron chi connectivity index (χ2n) is 8.52. The Kier molecular flexibility index (Phi) is 6.01. The first-order valence-corrected chi connectivity index (χ1v) is 11.4. The number of methoxy groups -OCH3 is 3. The molecule has 0 saturated heterocycles. The maximum atomic E-state index is 12.9. The van der Waals surface area contributed by atoms with Crippen molar-refractivity contribution >= 4 is 11.7 Å². The van der Waals surface area contributed by atoms with E-state index in [1.807, 2.05) is 44.2 Å². The molecule has 1 aliphatic rings. The zero-order chi connectivity index (χ0) is 25.4. The summed E-state index contributed by atoms with van der Waals surface area (Å²) in [6, 6.07) is 11.6. The molecule has 2 aromatic heterocycles. The molecule has 1 amide bonds. The van der Waals surface area contributed by atoms with Crippen LogP contribution in [0, 0.1) is 13.8 Å². The Morgan fingerprint density at radius 2 is 1.67 bits per heavy atom. The van der Waals surface area contributed by atoms with Crippen LogP contribution in [0.25, 0.3) is 17.2 Å². The zero-order valence-electron chi connectivity index (χ0n) is 20.7. The molecule has 184 valence electrons. The summed E-state index contributed by atoms with van der Waals surface area (Å²) < 4.78 is 18.1. The molecule has 10 nitrogen and oxygen atoms in total. The lowest BCUT2D eigenvalue weighted by Gasteiger charge is -2.26. The van der Waals surface area contributed by atoms with Crippen molar-refractivity contribution in [3.63, 3.8) is 0 Å². The highest BCUT2D eigenvalue weighted by atomic mass is 16.5. The standard InChI is InChI=1S/C26H26N6O4/c1-14-6-8-16(9-7-14)19-13-27-30-26(28-19)32-25-24(15(2)31-32)18(11-23(33)29-25)17-10-21(35-4)22(36-5)12-20(17)34-3/h6-10,12-13,18H,11H2,1-5H3,(H,29,33). The number of carbonyl (C=O) groups is 1. The first-order chi connectivity index (χ1) is 17.4. The number of benzene rings is 2. The van der Waals surface area contributed by atoms with E-state index >= 15 is 0 Å². The van der Waals surface area contributed by atoms with Gasteiger partial charge in [-0.05, 0) is 19.9 Å². The second-order valence-corrected chi connectivity index (χ2v) is 8.52. The van der Waals surface area contributed by atoms with Crippen molar-refractivity contribution < 1.29 is 19.0 Å². The van der Waals surface area contributed by atoms with Crippen LogP contribution in [0.15, 0.2) is 42.6 Å². The molecule has 1 atom stereocenters. The fourth-order valence-corrected chi connectivity index (χ4v) is 4.53. The van der Waals surface area contributed by atoms with E-state index in [1.165, 1.54) is 4.68 Å². The Morgan fingerprint density at radius 3 is 2.36 bits per heavy atom. The number of nitrogens with one attached hydrogen (secondary N) is 1. The van der Waals surface area contributed by atoms with E-state index in [0.717, 1.165) is 27.9 Å². The minimum absolute atomic E-state index is 0.159. The number of hydrogen-bond acceptors (Lipinski definition) is 8. The Hall–Kier alpha value is -4.47. The lowest BCUT2D eigenvalue weighted by molar-refractivity contribution is -0.116. The molecule has 4 aromatic rings. The summed E-state index contributed by atoms with van der Waals surface area (Å²) in [5.74, 6) is 1.96. The van der Waals surface area contributed by atoms with Gasteiger partial charge in [0.05, 0.1) is 38.9 Å². The molecule has 1 unspecified atom stereocenters. The summed E-state index contributed by atoms with van der Waals surface area (Å²) >= 11 is 0. The molecule has 0 fully saturated rings. The van der Waals surface area contributed by atoms with Crippen molar-refractivity contribution in [1.82, 2.24) is 25.0 Å². The maximum Gasteiger partial charge on any atom is 0.272 e. The Bertz CT molecular complexity index is 1450. The molecule has 0 aliphatic carbocycles. The van der Waals surface area contributed by atoms with Crippen molar-refractivity contribution in [2.24, 2.45) is 0 Å². The largest absolute Gasteiger partial charge is 0.496 e. The summed E-state index contributed by atoms with van der Waals surface area (Å²) in [5, 5.41) is 16.0. The van der Waals surface area contributed by atoms with Crippen LogP contribution in [0.4, 0.5) is 5.82 Å². The highest BCUT2D eigenvalue weighted by Gasteiger charge is 2.35. The summed E-state index contributed by atoms with van der Waals surface area (Å²) in [7, 11) is 4.72. The Balaban J connectivity index is 1.63. The minimum atomic E-state index is -0.328. The maximum absolute atomic E-state index is 12.9. The lowest BCUT2D eigenvalue weighted by atomic mass is 9.85. The molecular formula is C26H26N6O4. The number of ether oxygens (including phenoxy) is 3. The van der Waals surface area contributed by atoms with E-state index in [2.05, 4.69) is 20.5 Å². The van der Waals surface area contributed by atoms with Crippen LogP contribution in [0.1, 0.15) is 34.7 Å². The van der Waals surface area contributed by atoms with Crippen LogP contribution in [0.5, 0.6) is 17.2 Å². The van der Waals surface area contributed by atoms with Gasteiger partial charge in [-0.1, -0.05) is 29.8 Å². The van der Waals surface area contributed by atoms with E-state index in [4.69, 9.17) is 19.3 Å². The molecule has 0 radical (unpaired) electrons. The van der Waals surface area contributed by atoms with Gasteiger partial charge in [0.25, 0.3) is 5.95 Å². The Labute approximate surface area is 208 Å². The van der Waals surface area contributed by atoms with Crippen molar-refractivity contribution in [3.05, 3.63) is 65.0 Å². The predicted molar refractivity (Wildman–Crippen MR) is 133 cm³/mol. The highest BCUT2D eigenvalue weighted by molar-refractivity contribution is 5.95. The number of aryl methyl sites for hydroxylation is 2. The molecule has 1 N–H and O–H groups in total. The van der Waals surface area contributed by atoms with Gasteiger partial charge in [-0.25, -0.2) is 4.98 Å². The number of anilines is 1. The van der Waals surface area contributed by atoms with Crippen LogP contribution in [-0.4, -0.2) is 52.2 Å². The Morgan fingerprint density at radius 1 is 0.972 bits per heavy atom. The van der Waals surface area contributed by atoms with Crippen molar-refractivity contribution in [2.45, 2.75) is 26.2 Å². The third kappa shape index (κ3) is 4.00. The first kappa shape index (κ1) is 23.3. The van der Waals surface area contributed by atoms with E-state index < -0.39 is 0 Å². The van der Waals surface area contributed by atoms with Gasteiger partial charge in [-0.2, -0.15) is 14.9 Å². The smallest absolute Gasteiger partial charge is 0.272 e. The van der Waals surface area contributed by atoms with Gasteiger partial charge < -0.3 is 19.5 Å². The third-order valence-electron chi connectivity index (χ3n) is 6.30. The quantitative estimate of drug-likeness (QED) is 0.437. The fraction of sp³-hybridized carbons (Fsp3) is 0.269. The van der Waals surface area contributed by atoms with E-state index in [9.17, 15) is 4.79 Å². The monoisotopic (exact) mass is 486 g/mol. The van der Waals surface area contributed by atoms with Crippen molar-refractivity contribution in [3.8, 4) is 34.5 Å². The third-order valence-corrected chi connectivity index (χ3v) is 6.30. The topological polar surface area (TPSA) is 113 Å². The SMILES string of the molecule is COc1cc(OC)c(C2CC(=O)Nc3c2c(C)nn3-c2nncc(-c3ccc(C)cc3)n2)cc1OC. The summed E-state index contributed by atoms with van der Waals surface area (Å²) in [6.45, 7) is 3.92. The second kappa shape index (κ2) is 9.29. The first-order valence-electron chi connectivity index (χ1n) is 11.4. The van der Waals surface area contributed by atoms with E-state index in [-0.39, 0.29) is 24.2 Å². The van der Waals surface area contributed by atoms with Crippen molar-refractivity contribution in [1.29, 1.82) is 0 Å². The van der Waals surface area contributed by atoms with Crippen molar-refractivity contribution in [2.75, 3.05) is 26.6 Å². The lowest BCUT2D eigenvalue weighted by Crippen LogP contribution is -2.25. The number of rotatable bonds is 6. The molecule has 3 heterocycles. The molecule has 10 heteroatoms.